The molecule has 0 saturated carbocycles. The van der Waals surface area contributed by atoms with Crippen LogP contribution in [0.2, 0.25) is 0 Å². The molecule has 1 aliphatic rings. The van der Waals surface area contributed by atoms with Gasteiger partial charge in [0.15, 0.2) is 11.6 Å². The van der Waals surface area contributed by atoms with Gasteiger partial charge in [-0.2, -0.15) is 0 Å². The van der Waals surface area contributed by atoms with E-state index in [2.05, 4.69) is 172 Å². The molecule has 0 saturated heterocycles. The van der Waals surface area contributed by atoms with E-state index in [1.54, 1.807) is 0 Å². The van der Waals surface area contributed by atoms with Gasteiger partial charge in [-0.1, -0.05) is 152 Å². The van der Waals surface area contributed by atoms with E-state index in [1.807, 2.05) is 48.5 Å². The van der Waals surface area contributed by atoms with E-state index < -0.39 is 0 Å². The highest BCUT2D eigenvalue weighted by atomic mass is 16.2. The molecular formula is C57H45NO2. The molecule has 1 aliphatic carbocycles. The van der Waals surface area contributed by atoms with Gasteiger partial charge in [0.25, 0.3) is 0 Å². The highest BCUT2D eigenvalue weighted by Gasteiger charge is 2.37. The zero-order chi connectivity index (χ0) is 41.3. The van der Waals surface area contributed by atoms with Crippen molar-refractivity contribution in [2.75, 3.05) is 4.90 Å². The van der Waals surface area contributed by atoms with E-state index in [1.165, 1.54) is 27.8 Å². The molecule has 0 heterocycles. The Kier molecular flexibility index (Phi) is 10.3. The molecule has 3 nitrogen and oxygen atoms in total. The predicted octanol–water partition coefficient (Wildman–Crippen LogP) is 14.2. The number of para-hydroxylation sites is 2. The molecule has 8 aromatic rings. The number of nitrogens with zero attached hydrogens (tertiary/aromatic N) is 1. The molecule has 0 aliphatic heterocycles. The first-order chi connectivity index (χ1) is 29.2. The van der Waals surface area contributed by atoms with Gasteiger partial charge < -0.3 is 4.90 Å². The molecule has 0 aromatic heterocycles. The van der Waals surface area contributed by atoms with Gasteiger partial charge in [-0.15, -0.1) is 0 Å². The van der Waals surface area contributed by atoms with Gasteiger partial charge >= 0.3 is 0 Å². The van der Waals surface area contributed by atoms with Crippen LogP contribution in [0.5, 0.6) is 0 Å². The first-order valence-electron chi connectivity index (χ1n) is 20.5. The Morgan fingerprint density at radius 1 is 0.483 bits per heavy atom. The normalized spacial score (nSPS) is 12.5. The number of allylic oxidation sites excluding steroid dienone is 2. The smallest absolute Gasteiger partial charge is 0.198 e. The number of Topliss-reactive ketones (excluding diaryl/α,β-unsaturated/α-hetero) is 2. The molecule has 0 spiro atoms. The Labute approximate surface area is 352 Å². The van der Waals surface area contributed by atoms with Crippen LogP contribution in [-0.4, -0.2) is 11.6 Å². The number of anilines is 3. The lowest BCUT2D eigenvalue weighted by molar-refractivity contribution is 0.0990. The summed E-state index contributed by atoms with van der Waals surface area (Å²) in [6.45, 7) is 8.57. The van der Waals surface area contributed by atoms with E-state index in [9.17, 15) is 9.59 Å². The number of hydrogen-bond donors (Lipinski definition) is 0. The van der Waals surface area contributed by atoms with Crippen molar-refractivity contribution in [2.24, 2.45) is 0 Å². The zero-order valence-electron chi connectivity index (χ0n) is 34.4. The lowest BCUT2D eigenvalue weighted by atomic mass is 9.89. The summed E-state index contributed by atoms with van der Waals surface area (Å²) in [5.41, 5.74) is 16.0. The summed E-state index contributed by atoms with van der Waals surface area (Å²) >= 11 is 0. The number of ketones is 2. The van der Waals surface area contributed by atoms with Crippen LogP contribution in [-0.2, 0) is 6.42 Å². The monoisotopic (exact) mass is 775 g/mol. The minimum atomic E-state index is -0.245. The van der Waals surface area contributed by atoms with Crippen LogP contribution in [0.3, 0.4) is 0 Å². The van der Waals surface area contributed by atoms with E-state index in [-0.39, 0.29) is 17.1 Å². The molecule has 9 rings (SSSR count). The van der Waals surface area contributed by atoms with Crippen LogP contribution in [0, 0.1) is 27.7 Å². The molecule has 290 valence electrons. The van der Waals surface area contributed by atoms with Crippen molar-refractivity contribution in [1.82, 2.24) is 0 Å². The minimum absolute atomic E-state index is 0.200. The first-order valence-corrected chi connectivity index (χ1v) is 20.5. The molecule has 0 unspecified atom stereocenters. The fourth-order valence-electron chi connectivity index (χ4n) is 8.60. The Hall–Kier alpha value is -7.36. The number of carbonyl (C=O) groups is 2. The van der Waals surface area contributed by atoms with Crippen molar-refractivity contribution in [3.05, 3.63) is 249 Å². The number of aryl methyl sites for hydroxylation is 4. The van der Waals surface area contributed by atoms with E-state index in [0.29, 0.717) is 16.7 Å². The topological polar surface area (TPSA) is 37.4 Å². The molecule has 0 atom stereocenters. The SMILES string of the molecule is Cc1ccccc1C/C(=C/c1ccc(C(=C2C(=O)c3cc4ccccc4cc3C2=O)c2ccc(N(c3ccccc3C)c3ccccc3C)cc2)cc1)c1ccccc1C. The average Bonchev–Trinajstić information content (AvgIpc) is 3.50. The van der Waals surface area contributed by atoms with Crippen LogP contribution in [0.15, 0.2) is 188 Å². The van der Waals surface area contributed by atoms with Crippen molar-refractivity contribution in [2.45, 2.75) is 34.1 Å². The third-order valence-electron chi connectivity index (χ3n) is 11.9. The second-order valence-corrected chi connectivity index (χ2v) is 15.8. The molecule has 0 radical (unpaired) electrons. The number of carbonyl (C=O) groups excluding carboxylic acids is 2. The molecule has 3 heteroatoms. The van der Waals surface area contributed by atoms with Crippen molar-refractivity contribution in [3.8, 4) is 0 Å². The Morgan fingerprint density at radius 2 is 0.950 bits per heavy atom. The fourth-order valence-corrected chi connectivity index (χ4v) is 8.60. The quantitative estimate of drug-likeness (QED) is 0.0832. The summed E-state index contributed by atoms with van der Waals surface area (Å²) in [5, 5.41) is 1.87. The van der Waals surface area contributed by atoms with Gasteiger partial charge in [-0.25, -0.2) is 0 Å². The Balaban J connectivity index is 1.18. The summed E-state index contributed by atoms with van der Waals surface area (Å²) in [6.07, 6.45) is 3.05. The van der Waals surface area contributed by atoms with E-state index in [4.69, 9.17) is 0 Å². The summed E-state index contributed by atoms with van der Waals surface area (Å²) in [4.78, 5) is 31.4. The predicted molar refractivity (Wildman–Crippen MR) is 250 cm³/mol. The molecule has 0 N–H and O–H groups in total. The third-order valence-corrected chi connectivity index (χ3v) is 11.9. The first kappa shape index (κ1) is 38.2. The van der Waals surface area contributed by atoms with Gasteiger partial charge in [-0.05, 0) is 137 Å². The second-order valence-electron chi connectivity index (χ2n) is 15.8. The van der Waals surface area contributed by atoms with Crippen LogP contribution >= 0.6 is 0 Å². The van der Waals surface area contributed by atoms with E-state index in [0.717, 1.165) is 62.1 Å². The average molecular weight is 776 g/mol. The third kappa shape index (κ3) is 7.20. The summed E-state index contributed by atoms with van der Waals surface area (Å²) in [5.74, 6) is -0.490. The number of benzene rings is 8. The summed E-state index contributed by atoms with van der Waals surface area (Å²) < 4.78 is 0. The molecular weight excluding hydrogens is 731 g/mol. The number of hydrogen-bond acceptors (Lipinski definition) is 3. The highest BCUT2D eigenvalue weighted by Crippen LogP contribution is 2.41. The lowest BCUT2D eigenvalue weighted by Gasteiger charge is -2.28. The molecule has 60 heavy (non-hydrogen) atoms. The largest absolute Gasteiger partial charge is 0.310 e. The summed E-state index contributed by atoms with van der Waals surface area (Å²) in [7, 11) is 0. The van der Waals surface area contributed by atoms with Crippen molar-refractivity contribution in [1.29, 1.82) is 0 Å². The van der Waals surface area contributed by atoms with Crippen LogP contribution in [0.1, 0.15) is 70.8 Å². The van der Waals surface area contributed by atoms with Crippen LogP contribution < -0.4 is 4.90 Å². The van der Waals surface area contributed by atoms with Gasteiger partial charge in [-0.3, -0.25) is 9.59 Å². The van der Waals surface area contributed by atoms with Crippen LogP contribution in [0.25, 0.3) is 28.0 Å². The maximum absolute atomic E-state index is 14.6. The van der Waals surface area contributed by atoms with Crippen LogP contribution in [0.4, 0.5) is 17.1 Å². The summed E-state index contributed by atoms with van der Waals surface area (Å²) in [6, 6.07) is 62.1. The molecule has 0 bridgehead atoms. The van der Waals surface area contributed by atoms with Crippen molar-refractivity contribution < 1.29 is 9.59 Å². The number of rotatable bonds is 9. The Morgan fingerprint density at radius 3 is 1.48 bits per heavy atom. The Bertz CT molecular complexity index is 2920. The van der Waals surface area contributed by atoms with Crippen molar-refractivity contribution >= 4 is 56.6 Å². The maximum Gasteiger partial charge on any atom is 0.198 e. The second kappa shape index (κ2) is 16.1. The van der Waals surface area contributed by atoms with Gasteiger partial charge in [0.2, 0.25) is 0 Å². The zero-order valence-corrected chi connectivity index (χ0v) is 34.4. The van der Waals surface area contributed by atoms with Gasteiger partial charge in [0.05, 0.1) is 5.57 Å². The fraction of sp³-hybridized carbons (Fsp3) is 0.0877. The van der Waals surface area contributed by atoms with Gasteiger partial charge in [0, 0.05) is 33.8 Å². The van der Waals surface area contributed by atoms with E-state index >= 15 is 0 Å². The standard InChI is InChI=1S/C57H45NO2/c1-37-15-5-9-19-44(37)34-47(49-22-12-6-16-38(49)2)33-41-25-27-42(28-26-41)54(55-56(59)50-35-45-20-10-11-21-46(45)36-51(50)57(55)60)43-29-31-48(32-30-43)58(52-23-13-7-17-39(52)3)53-24-14-8-18-40(53)4/h5-33,35-36H,34H2,1-4H3/b47-33-. The maximum atomic E-state index is 14.6. The van der Waals surface area contributed by atoms with Crippen molar-refractivity contribution in [3.63, 3.8) is 0 Å². The minimum Gasteiger partial charge on any atom is -0.310 e. The number of fused-ring (bicyclic) bond motifs is 2. The lowest BCUT2D eigenvalue weighted by Crippen LogP contribution is -2.12. The van der Waals surface area contributed by atoms with Gasteiger partial charge in [0.1, 0.15) is 0 Å². The molecule has 0 fully saturated rings. The molecule has 0 amide bonds. The molecule has 8 aromatic carbocycles. The highest BCUT2D eigenvalue weighted by molar-refractivity contribution is 6.43.